The fraction of sp³-hybridized carbons (Fsp3) is 0.385. The van der Waals surface area contributed by atoms with Crippen molar-refractivity contribution in [2.45, 2.75) is 25.3 Å². The summed E-state index contributed by atoms with van der Waals surface area (Å²) in [5.74, 6) is 0. The van der Waals surface area contributed by atoms with Crippen LogP contribution in [0.15, 0.2) is 24.5 Å². The third-order valence-electron chi connectivity index (χ3n) is 3.29. The Labute approximate surface area is 99.7 Å². The molecule has 2 aromatic rings. The number of pyridine rings is 1. The lowest BCUT2D eigenvalue weighted by molar-refractivity contribution is 0.112. The molecular formula is C13H15N3O. The fourth-order valence-electron chi connectivity index (χ4n) is 2.41. The Kier molecular flexibility index (Phi) is 2.65. The number of nitrogens with one attached hydrogen (secondary N) is 1. The Morgan fingerprint density at radius 1 is 1.59 bits per heavy atom. The van der Waals surface area contributed by atoms with E-state index in [1.807, 2.05) is 22.9 Å². The first-order valence-corrected chi connectivity index (χ1v) is 6.01. The van der Waals surface area contributed by atoms with E-state index in [9.17, 15) is 4.79 Å². The molecule has 88 valence electrons. The molecule has 0 bridgehead atoms. The Morgan fingerprint density at radius 3 is 3.29 bits per heavy atom. The normalized spacial score (nSPS) is 19.9. The largest absolute Gasteiger partial charge is 0.314 e. The van der Waals surface area contributed by atoms with Gasteiger partial charge in [-0.3, -0.25) is 4.79 Å². The third kappa shape index (κ3) is 2.08. The van der Waals surface area contributed by atoms with Gasteiger partial charge in [0, 0.05) is 30.4 Å². The fourth-order valence-corrected chi connectivity index (χ4v) is 2.41. The van der Waals surface area contributed by atoms with Gasteiger partial charge in [-0.2, -0.15) is 0 Å². The summed E-state index contributed by atoms with van der Waals surface area (Å²) in [7, 11) is 0. The highest BCUT2D eigenvalue weighted by atomic mass is 16.1. The van der Waals surface area contributed by atoms with Crippen molar-refractivity contribution in [3.63, 3.8) is 0 Å². The Bertz CT molecular complexity index is 541. The summed E-state index contributed by atoms with van der Waals surface area (Å²) < 4.78 is 1.97. The number of hydrogen-bond donors (Lipinski definition) is 1. The van der Waals surface area contributed by atoms with Gasteiger partial charge in [-0.15, -0.1) is 0 Å². The molecular weight excluding hydrogens is 214 g/mol. The molecule has 1 unspecified atom stereocenters. The van der Waals surface area contributed by atoms with Gasteiger partial charge in [0.15, 0.2) is 0 Å². The predicted octanol–water partition coefficient (Wildman–Crippen LogP) is 1.44. The standard InChI is InChI=1S/C13H15N3O/c17-9-10-3-5-16-8-12(15-13(16)6-10)7-11-2-1-4-14-11/h3,5-6,8-9,11,14H,1-2,4,7H2. The highest BCUT2D eigenvalue weighted by Gasteiger charge is 2.15. The van der Waals surface area contributed by atoms with Crippen LogP contribution in [0.4, 0.5) is 0 Å². The quantitative estimate of drug-likeness (QED) is 0.810. The van der Waals surface area contributed by atoms with Gasteiger partial charge >= 0.3 is 0 Å². The minimum absolute atomic E-state index is 0.561. The summed E-state index contributed by atoms with van der Waals surface area (Å²) in [5.41, 5.74) is 2.61. The lowest BCUT2D eigenvalue weighted by Gasteiger charge is -2.06. The van der Waals surface area contributed by atoms with Crippen molar-refractivity contribution < 1.29 is 4.79 Å². The molecule has 0 aliphatic carbocycles. The van der Waals surface area contributed by atoms with E-state index in [4.69, 9.17) is 0 Å². The summed E-state index contributed by atoms with van der Waals surface area (Å²) in [4.78, 5) is 15.2. The number of hydrogen-bond acceptors (Lipinski definition) is 3. The minimum Gasteiger partial charge on any atom is -0.314 e. The van der Waals surface area contributed by atoms with Gasteiger partial charge < -0.3 is 9.72 Å². The van der Waals surface area contributed by atoms with Crippen molar-refractivity contribution >= 4 is 11.9 Å². The van der Waals surface area contributed by atoms with Gasteiger partial charge in [0.1, 0.15) is 11.9 Å². The van der Waals surface area contributed by atoms with Crippen molar-refractivity contribution in [1.82, 2.24) is 14.7 Å². The summed E-state index contributed by atoms with van der Waals surface area (Å²) in [6, 6.07) is 4.18. The van der Waals surface area contributed by atoms with Crippen LogP contribution in [-0.4, -0.2) is 28.3 Å². The van der Waals surface area contributed by atoms with Crippen LogP contribution in [0, 0.1) is 0 Å². The highest BCUT2D eigenvalue weighted by molar-refractivity contribution is 5.76. The van der Waals surface area contributed by atoms with Crippen LogP contribution in [0.1, 0.15) is 28.9 Å². The maximum Gasteiger partial charge on any atom is 0.150 e. The van der Waals surface area contributed by atoms with Gasteiger partial charge in [-0.05, 0) is 31.5 Å². The van der Waals surface area contributed by atoms with E-state index in [0.29, 0.717) is 11.6 Å². The van der Waals surface area contributed by atoms with Crippen molar-refractivity contribution in [2.75, 3.05) is 6.54 Å². The Hall–Kier alpha value is -1.68. The van der Waals surface area contributed by atoms with Gasteiger partial charge in [0.2, 0.25) is 0 Å². The predicted molar refractivity (Wildman–Crippen MR) is 65.3 cm³/mol. The molecule has 1 aliphatic heterocycles. The van der Waals surface area contributed by atoms with Crippen LogP contribution in [-0.2, 0) is 6.42 Å². The number of imidazole rings is 1. The molecule has 4 nitrogen and oxygen atoms in total. The second-order valence-electron chi connectivity index (χ2n) is 4.57. The van der Waals surface area contributed by atoms with Gasteiger partial charge in [0.25, 0.3) is 0 Å². The van der Waals surface area contributed by atoms with Crippen LogP contribution in [0.5, 0.6) is 0 Å². The molecule has 3 heterocycles. The summed E-state index contributed by atoms with van der Waals surface area (Å²) in [6.45, 7) is 1.12. The van der Waals surface area contributed by atoms with Crippen molar-refractivity contribution in [3.8, 4) is 0 Å². The first-order valence-electron chi connectivity index (χ1n) is 6.01. The van der Waals surface area contributed by atoms with E-state index in [2.05, 4.69) is 10.3 Å². The number of carbonyl (C=O) groups excluding carboxylic acids is 1. The lowest BCUT2D eigenvalue weighted by Crippen LogP contribution is -2.23. The zero-order chi connectivity index (χ0) is 11.7. The molecule has 0 amide bonds. The van der Waals surface area contributed by atoms with E-state index in [1.165, 1.54) is 12.8 Å². The number of rotatable bonds is 3. The molecule has 1 N–H and O–H groups in total. The summed E-state index contributed by atoms with van der Waals surface area (Å²) in [6.07, 6.45) is 8.24. The molecule has 1 fully saturated rings. The third-order valence-corrected chi connectivity index (χ3v) is 3.29. The smallest absolute Gasteiger partial charge is 0.150 e. The minimum atomic E-state index is 0.561. The topological polar surface area (TPSA) is 46.4 Å². The molecule has 2 aromatic heterocycles. The molecule has 17 heavy (non-hydrogen) atoms. The molecule has 1 atom stereocenters. The van der Waals surface area contributed by atoms with Crippen LogP contribution in [0.2, 0.25) is 0 Å². The second kappa shape index (κ2) is 4.30. The average molecular weight is 229 g/mol. The molecule has 0 saturated carbocycles. The van der Waals surface area contributed by atoms with Crippen LogP contribution in [0.3, 0.4) is 0 Å². The molecule has 0 aromatic carbocycles. The maximum absolute atomic E-state index is 10.7. The van der Waals surface area contributed by atoms with Gasteiger partial charge in [0.05, 0.1) is 5.69 Å². The highest BCUT2D eigenvalue weighted by Crippen LogP contribution is 2.13. The SMILES string of the molecule is O=Cc1ccn2cc(CC3CCCN3)nc2c1. The molecule has 0 radical (unpaired) electrons. The van der Waals surface area contributed by atoms with Crippen molar-refractivity contribution in [2.24, 2.45) is 0 Å². The monoisotopic (exact) mass is 229 g/mol. The number of aldehydes is 1. The molecule has 1 aliphatic rings. The molecule has 1 saturated heterocycles. The summed E-state index contributed by atoms with van der Waals surface area (Å²) in [5, 5.41) is 3.47. The lowest BCUT2D eigenvalue weighted by atomic mass is 10.1. The Balaban J connectivity index is 1.87. The number of nitrogens with zero attached hydrogens (tertiary/aromatic N) is 2. The van der Waals surface area contributed by atoms with E-state index in [-0.39, 0.29) is 0 Å². The zero-order valence-electron chi connectivity index (χ0n) is 9.60. The number of fused-ring (bicyclic) bond motifs is 1. The van der Waals surface area contributed by atoms with Gasteiger partial charge in [-0.25, -0.2) is 4.98 Å². The maximum atomic E-state index is 10.7. The van der Waals surface area contributed by atoms with Crippen molar-refractivity contribution in [3.05, 3.63) is 35.8 Å². The first kappa shape index (κ1) is 10.5. The number of carbonyl (C=O) groups is 1. The van der Waals surface area contributed by atoms with E-state index in [1.54, 1.807) is 6.07 Å². The molecule has 4 heteroatoms. The van der Waals surface area contributed by atoms with Crippen LogP contribution in [0.25, 0.3) is 5.65 Å². The summed E-state index contributed by atoms with van der Waals surface area (Å²) >= 11 is 0. The average Bonchev–Trinajstić information content (AvgIpc) is 2.96. The van der Waals surface area contributed by atoms with Crippen LogP contribution >= 0.6 is 0 Å². The zero-order valence-corrected chi connectivity index (χ0v) is 9.60. The molecule has 3 rings (SSSR count). The van der Waals surface area contributed by atoms with Gasteiger partial charge in [-0.1, -0.05) is 0 Å². The second-order valence-corrected chi connectivity index (χ2v) is 4.57. The Morgan fingerprint density at radius 2 is 2.53 bits per heavy atom. The van der Waals surface area contributed by atoms with Crippen molar-refractivity contribution in [1.29, 1.82) is 0 Å². The molecule has 0 spiro atoms. The van der Waals surface area contributed by atoms with Crippen LogP contribution < -0.4 is 5.32 Å². The number of aromatic nitrogens is 2. The first-order chi connectivity index (χ1) is 8.35. The van der Waals surface area contributed by atoms with E-state index < -0.39 is 0 Å². The van der Waals surface area contributed by atoms with E-state index >= 15 is 0 Å². The van der Waals surface area contributed by atoms with E-state index in [0.717, 1.165) is 30.6 Å².